The van der Waals surface area contributed by atoms with Crippen molar-refractivity contribution in [2.75, 3.05) is 13.2 Å². The molecule has 4 heteroatoms. The molecule has 0 aromatic rings. The highest BCUT2D eigenvalue weighted by Crippen LogP contribution is 2.27. The third-order valence-corrected chi connectivity index (χ3v) is 4.33. The summed E-state index contributed by atoms with van der Waals surface area (Å²) in [5.74, 6) is 0.633. The Hall–Kier alpha value is -0.610. The van der Waals surface area contributed by atoms with E-state index in [0.29, 0.717) is 18.9 Å². The summed E-state index contributed by atoms with van der Waals surface area (Å²) in [6.45, 7) is 4.71. The average molecular weight is 270 g/mol. The first-order valence-corrected chi connectivity index (χ1v) is 7.78. The summed E-state index contributed by atoms with van der Waals surface area (Å²) in [6, 6.07) is 0.530. The summed E-state index contributed by atoms with van der Waals surface area (Å²) in [5.41, 5.74) is 5.98. The van der Waals surface area contributed by atoms with Gasteiger partial charge in [-0.2, -0.15) is 0 Å². The molecule has 0 bridgehead atoms. The van der Waals surface area contributed by atoms with Gasteiger partial charge in [0.2, 0.25) is 5.91 Å². The molecule has 0 heterocycles. The molecular weight excluding hydrogens is 240 g/mol. The van der Waals surface area contributed by atoms with Gasteiger partial charge in [-0.15, -0.1) is 0 Å². The fourth-order valence-electron chi connectivity index (χ4n) is 3.23. The van der Waals surface area contributed by atoms with E-state index in [-0.39, 0.29) is 24.6 Å². The van der Waals surface area contributed by atoms with Crippen molar-refractivity contribution in [2.45, 2.75) is 70.9 Å². The van der Waals surface area contributed by atoms with Gasteiger partial charge >= 0.3 is 0 Å². The molecule has 1 fully saturated rings. The van der Waals surface area contributed by atoms with E-state index < -0.39 is 0 Å². The highest BCUT2D eigenvalue weighted by atomic mass is 16.3. The van der Waals surface area contributed by atoms with Gasteiger partial charge in [-0.25, -0.2) is 0 Å². The van der Waals surface area contributed by atoms with E-state index in [1.165, 1.54) is 0 Å². The van der Waals surface area contributed by atoms with Crippen LogP contribution in [0.25, 0.3) is 0 Å². The second-order valence-corrected chi connectivity index (χ2v) is 5.78. The molecule has 0 aromatic heterocycles. The number of nitrogens with two attached hydrogens (primary N) is 1. The van der Waals surface area contributed by atoms with Crippen LogP contribution in [0.3, 0.4) is 0 Å². The van der Waals surface area contributed by atoms with Gasteiger partial charge in [0.05, 0.1) is 6.61 Å². The second-order valence-electron chi connectivity index (χ2n) is 5.78. The minimum absolute atomic E-state index is 0.0480. The van der Waals surface area contributed by atoms with Crippen molar-refractivity contribution in [2.24, 2.45) is 11.7 Å². The quantitative estimate of drug-likeness (QED) is 0.742. The van der Waals surface area contributed by atoms with Crippen molar-refractivity contribution in [3.63, 3.8) is 0 Å². The summed E-state index contributed by atoms with van der Waals surface area (Å²) in [7, 11) is 0. The van der Waals surface area contributed by atoms with Crippen LogP contribution in [0.15, 0.2) is 0 Å². The summed E-state index contributed by atoms with van der Waals surface area (Å²) in [6.07, 6.45) is 6.83. The summed E-state index contributed by atoms with van der Waals surface area (Å²) in [4.78, 5) is 14.3. The van der Waals surface area contributed by atoms with Crippen LogP contribution < -0.4 is 5.73 Å². The first-order chi connectivity index (χ1) is 9.12. The Morgan fingerprint density at radius 3 is 2.58 bits per heavy atom. The first-order valence-electron chi connectivity index (χ1n) is 7.78. The molecule has 0 saturated heterocycles. The highest BCUT2D eigenvalue weighted by molar-refractivity contribution is 5.76. The fourth-order valence-corrected chi connectivity index (χ4v) is 3.23. The molecule has 0 aromatic carbocycles. The van der Waals surface area contributed by atoms with E-state index in [4.69, 9.17) is 10.8 Å². The molecular formula is C15H30N2O2. The van der Waals surface area contributed by atoms with E-state index in [0.717, 1.165) is 38.5 Å². The monoisotopic (exact) mass is 270 g/mol. The van der Waals surface area contributed by atoms with Gasteiger partial charge in [-0.1, -0.05) is 20.3 Å². The number of aliphatic hydroxyl groups excluding tert-OH is 1. The highest BCUT2D eigenvalue weighted by Gasteiger charge is 2.26. The van der Waals surface area contributed by atoms with Crippen LogP contribution in [0, 0.1) is 5.92 Å². The molecule has 2 unspecified atom stereocenters. The molecule has 1 rings (SSSR count). The van der Waals surface area contributed by atoms with Crippen LogP contribution in [-0.4, -0.2) is 41.1 Å². The number of carbonyl (C=O) groups is 1. The van der Waals surface area contributed by atoms with Gasteiger partial charge in [0, 0.05) is 25.0 Å². The molecule has 4 nitrogen and oxygen atoms in total. The number of hydrogen-bond donors (Lipinski definition) is 2. The summed E-state index contributed by atoms with van der Waals surface area (Å²) >= 11 is 0. The number of aliphatic hydroxyl groups is 1. The van der Waals surface area contributed by atoms with Crippen LogP contribution in [0.5, 0.6) is 0 Å². The molecule has 19 heavy (non-hydrogen) atoms. The Bertz CT molecular complexity index is 267. The Balaban J connectivity index is 2.55. The van der Waals surface area contributed by atoms with Gasteiger partial charge in [0.25, 0.3) is 0 Å². The van der Waals surface area contributed by atoms with E-state index in [1.54, 1.807) is 0 Å². The lowest BCUT2D eigenvalue weighted by molar-refractivity contribution is -0.135. The van der Waals surface area contributed by atoms with E-state index in [1.807, 2.05) is 4.90 Å². The molecule has 1 amide bonds. The molecule has 1 aliphatic carbocycles. The van der Waals surface area contributed by atoms with Crippen LogP contribution in [-0.2, 0) is 4.79 Å². The van der Waals surface area contributed by atoms with Crippen molar-refractivity contribution >= 4 is 5.91 Å². The van der Waals surface area contributed by atoms with Crippen LogP contribution in [0.2, 0.25) is 0 Å². The number of hydrogen-bond acceptors (Lipinski definition) is 3. The minimum atomic E-state index is 0.0480. The van der Waals surface area contributed by atoms with Crippen molar-refractivity contribution in [1.82, 2.24) is 4.90 Å². The van der Waals surface area contributed by atoms with Crippen LogP contribution in [0.1, 0.15) is 58.8 Å². The SMILES string of the molecule is CCC(CC)N(CCO)C(=O)CC1CCCC(N)C1. The number of rotatable bonds is 7. The van der Waals surface area contributed by atoms with Gasteiger partial charge in [0.1, 0.15) is 0 Å². The Morgan fingerprint density at radius 2 is 2.05 bits per heavy atom. The Morgan fingerprint density at radius 1 is 1.37 bits per heavy atom. The molecule has 112 valence electrons. The third kappa shape index (κ3) is 5.11. The first kappa shape index (κ1) is 16.4. The van der Waals surface area contributed by atoms with Crippen molar-refractivity contribution in [1.29, 1.82) is 0 Å². The number of carbonyl (C=O) groups excluding carboxylic acids is 1. The zero-order valence-corrected chi connectivity index (χ0v) is 12.5. The summed E-state index contributed by atoms with van der Waals surface area (Å²) in [5, 5.41) is 9.16. The maximum absolute atomic E-state index is 12.4. The van der Waals surface area contributed by atoms with E-state index in [9.17, 15) is 4.79 Å². The predicted octanol–water partition coefficient (Wildman–Crippen LogP) is 1.90. The molecule has 0 aliphatic heterocycles. The Labute approximate surface area is 117 Å². The summed E-state index contributed by atoms with van der Waals surface area (Å²) < 4.78 is 0. The predicted molar refractivity (Wildman–Crippen MR) is 77.7 cm³/mol. The maximum atomic E-state index is 12.4. The van der Waals surface area contributed by atoms with Gasteiger partial charge in [-0.05, 0) is 38.0 Å². The van der Waals surface area contributed by atoms with E-state index in [2.05, 4.69) is 13.8 Å². The van der Waals surface area contributed by atoms with Crippen molar-refractivity contribution in [3.8, 4) is 0 Å². The fraction of sp³-hybridized carbons (Fsp3) is 0.933. The minimum Gasteiger partial charge on any atom is -0.395 e. The molecule has 2 atom stereocenters. The third-order valence-electron chi connectivity index (χ3n) is 4.33. The van der Waals surface area contributed by atoms with Crippen molar-refractivity contribution in [3.05, 3.63) is 0 Å². The Kier molecular flexibility index (Phi) is 7.39. The smallest absolute Gasteiger partial charge is 0.223 e. The second kappa shape index (κ2) is 8.54. The molecule has 1 aliphatic rings. The van der Waals surface area contributed by atoms with Crippen molar-refractivity contribution < 1.29 is 9.90 Å². The zero-order valence-electron chi connectivity index (χ0n) is 12.5. The standard InChI is InChI=1S/C15H30N2O2/c1-3-14(4-2)17(8-9-18)15(19)11-12-6-5-7-13(16)10-12/h12-14,18H,3-11,16H2,1-2H3. The maximum Gasteiger partial charge on any atom is 0.223 e. The topological polar surface area (TPSA) is 66.6 Å². The lowest BCUT2D eigenvalue weighted by atomic mass is 9.84. The normalized spacial score (nSPS) is 23.6. The van der Waals surface area contributed by atoms with Crippen LogP contribution in [0.4, 0.5) is 0 Å². The van der Waals surface area contributed by atoms with Crippen LogP contribution >= 0.6 is 0 Å². The average Bonchev–Trinajstić information content (AvgIpc) is 2.39. The number of amides is 1. The lowest BCUT2D eigenvalue weighted by Gasteiger charge is -2.33. The zero-order chi connectivity index (χ0) is 14.3. The van der Waals surface area contributed by atoms with Gasteiger partial charge in [0.15, 0.2) is 0 Å². The van der Waals surface area contributed by atoms with E-state index >= 15 is 0 Å². The molecule has 1 saturated carbocycles. The lowest BCUT2D eigenvalue weighted by Crippen LogP contribution is -2.43. The van der Waals surface area contributed by atoms with Gasteiger partial charge in [-0.3, -0.25) is 4.79 Å². The molecule has 3 N–H and O–H groups in total. The largest absolute Gasteiger partial charge is 0.395 e. The molecule has 0 radical (unpaired) electrons. The van der Waals surface area contributed by atoms with Gasteiger partial charge < -0.3 is 15.7 Å². The molecule has 0 spiro atoms. The number of nitrogens with zero attached hydrogens (tertiary/aromatic N) is 1.